The summed E-state index contributed by atoms with van der Waals surface area (Å²) in [6.45, 7) is 5.67. The molecule has 0 aliphatic heterocycles. The fraction of sp³-hybridized carbons (Fsp3) is 0.412. The van der Waals surface area contributed by atoms with Gasteiger partial charge < -0.3 is 9.88 Å². The average Bonchev–Trinajstić information content (AvgIpc) is 3.22. The molecule has 0 spiro atoms. The Kier molecular flexibility index (Phi) is 4.65. The van der Waals surface area contributed by atoms with E-state index in [0.29, 0.717) is 17.8 Å². The van der Waals surface area contributed by atoms with Gasteiger partial charge in [0.25, 0.3) is 5.95 Å². The van der Waals surface area contributed by atoms with Crippen molar-refractivity contribution in [1.29, 1.82) is 0 Å². The molecule has 0 radical (unpaired) electrons. The zero-order valence-electron chi connectivity index (χ0n) is 15.4. The van der Waals surface area contributed by atoms with Crippen molar-refractivity contribution < 1.29 is 4.79 Å². The monoisotopic (exact) mass is 384 g/mol. The van der Waals surface area contributed by atoms with Crippen molar-refractivity contribution in [2.24, 2.45) is 0 Å². The third kappa shape index (κ3) is 4.00. The quantitative estimate of drug-likeness (QED) is 0.650. The van der Waals surface area contributed by atoms with Gasteiger partial charge >= 0.3 is 0 Å². The Balaban J connectivity index is 1.47. The Hall–Kier alpha value is -2.75. The minimum absolute atomic E-state index is 0.143. The van der Waals surface area contributed by atoms with Gasteiger partial charge in [-0.15, -0.1) is 10.2 Å². The maximum atomic E-state index is 12.5. The van der Waals surface area contributed by atoms with Crippen LogP contribution in [-0.4, -0.2) is 46.2 Å². The number of hydrogen-bond acceptors (Lipinski definition) is 7. The molecule has 0 aromatic carbocycles. The topological polar surface area (TPSA) is 103 Å². The van der Waals surface area contributed by atoms with Gasteiger partial charge in [-0.25, -0.2) is 9.97 Å². The van der Waals surface area contributed by atoms with Gasteiger partial charge in [0, 0.05) is 23.5 Å². The van der Waals surface area contributed by atoms with Crippen LogP contribution in [0.1, 0.15) is 36.0 Å². The highest BCUT2D eigenvalue weighted by molar-refractivity contribution is 7.99. The molecule has 140 valence electrons. The maximum Gasteiger partial charge on any atom is 0.252 e. The first-order chi connectivity index (χ1) is 13.0. The Bertz CT molecular complexity index is 970. The van der Waals surface area contributed by atoms with Crippen LogP contribution in [0.4, 0.5) is 5.82 Å². The number of anilines is 1. The molecule has 3 heterocycles. The third-order valence-corrected chi connectivity index (χ3v) is 5.03. The smallest absolute Gasteiger partial charge is 0.252 e. The Morgan fingerprint density at radius 1 is 1.19 bits per heavy atom. The molecule has 0 bridgehead atoms. The highest BCUT2D eigenvalue weighted by atomic mass is 32.2. The fourth-order valence-corrected chi connectivity index (χ4v) is 3.57. The van der Waals surface area contributed by atoms with Crippen molar-refractivity contribution >= 4 is 23.5 Å². The van der Waals surface area contributed by atoms with Gasteiger partial charge in [0.05, 0.1) is 11.4 Å². The van der Waals surface area contributed by atoms with Crippen molar-refractivity contribution in [1.82, 2.24) is 34.5 Å². The number of amides is 1. The predicted octanol–water partition coefficient (Wildman–Crippen LogP) is 2.24. The van der Waals surface area contributed by atoms with Gasteiger partial charge in [-0.2, -0.15) is 9.78 Å². The van der Waals surface area contributed by atoms with E-state index in [1.165, 1.54) is 11.8 Å². The van der Waals surface area contributed by atoms with E-state index in [0.717, 1.165) is 35.1 Å². The lowest BCUT2D eigenvalue weighted by atomic mass is 10.4. The number of aryl methyl sites for hydroxylation is 3. The molecule has 0 saturated heterocycles. The van der Waals surface area contributed by atoms with Crippen LogP contribution in [0.5, 0.6) is 0 Å². The molecule has 1 N–H and O–H groups in total. The molecular weight excluding hydrogens is 364 g/mol. The summed E-state index contributed by atoms with van der Waals surface area (Å²) in [6, 6.07) is 4.18. The Labute approximate surface area is 160 Å². The molecule has 27 heavy (non-hydrogen) atoms. The summed E-state index contributed by atoms with van der Waals surface area (Å²) >= 11 is 1.38. The van der Waals surface area contributed by atoms with Crippen LogP contribution in [0, 0.1) is 20.8 Å². The molecule has 1 aliphatic rings. The summed E-state index contributed by atoms with van der Waals surface area (Å²) in [4.78, 5) is 21.3. The molecule has 3 aromatic heterocycles. The number of thioether (sulfide) groups is 1. The second-order valence-electron chi connectivity index (χ2n) is 6.62. The van der Waals surface area contributed by atoms with E-state index in [-0.39, 0.29) is 11.7 Å². The second kappa shape index (κ2) is 7.10. The lowest BCUT2D eigenvalue weighted by Gasteiger charge is -2.09. The van der Waals surface area contributed by atoms with Crippen LogP contribution in [0.15, 0.2) is 23.6 Å². The molecule has 0 atom stereocenters. The lowest BCUT2D eigenvalue weighted by molar-refractivity contribution is -0.113. The minimum atomic E-state index is -0.143. The van der Waals surface area contributed by atoms with Gasteiger partial charge in [-0.1, -0.05) is 11.8 Å². The lowest BCUT2D eigenvalue weighted by Crippen LogP contribution is -2.18. The maximum absolute atomic E-state index is 12.5. The summed E-state index contributed by atoms with van der Waals surface area (Å²) in [5, 5.41) is 16.1. The van der Waals surface area contributed by atoms with E-state index in [1.807, 2.05) is 31.4 Å². The first kappa shape index (κ1) is 17.7. The van der Waals surface area contributed by atoms with Gasteiger partial charge in [0.2, 0.25) is 5.91 Å². The van der Waals surface area contributed by atoms with Gasteiger partial charge in [0.1, 0.15) is 12.1 Å². The van der Waals surface area contributed by atoms with E-state index < -0.39 is 0 Å². The van der Waals surface area contributed by atoms with Gasteiger partial charge in [0.15, 0.2) is 5.16 Å². The first-order valence-electron chi connectivity index (χ1n) is 8.71. The number of aromatic nitrogens is 7. The highest BCUT2D eigenvalue weighted by Gasteiger charge is 2.26. The molecular formula is C17H20N8OS. The van der Waals surface area contributed by atoms with Gasteiger partial charge in [-0.05, 0) is 39.7 Å². The molecule has 1 amide bonds. The molecule has 1 fully saturated rings. The number of rotatable bonds is 6. The average molecular weight is 384 g/mol. The summed E-state index contributed by atoms with van der Waals surface area (Å²) < 4.78 is 3.60. The molecule has 10 heteroatoms. The number of nitrogens with zero attached hydrogens (tertiary/aromatic N) is 7. The molecule has 9 nitrogen and oxygen atoms in total. The summed E-state index contributed by atoms with van der Waals surface area (Å²) in [7, 11) is 0. The molecule has 1 saturated carbocycles. The SMILES string of the molecule is Cc1cc(C)nc(-n2nc(C)cc2NC(=O)CSc2nncn2C2CC2)n1. The van der Waals surface area contributed by atoms with Crippen LogP contribution in [-0.2, 0) is 4.79 Å². The van der Waals surface area contributed by atoms with Crippen LogP contribution in [0.2, 0.25) is 0 Å². The van der Waals surface area contributed by atoms with Crippen LogP contribution >= 0.6 is 11.8 Å². The molecule has 3 aromatic rings. The number of hydrogen-bond donors (Lipinski definition) is 1. The van der Waals surface area contributed by atoms with E-state index in [4.69, 9.17) is 0 Å². The van der Waals surface area contributed by atoms with E-state index >= 15 is 0 Å². The molecule has 0 unspecified atom stereocenters. The Morgan fingerprint density at radius 3 is 2.63 bits per heavy atom. The first-order valence-corrected chi connectivity index (χ1v) is 9.69. The molecule has 1 aliphatic carbocycles. The van der Waals surface area contributed by atoms with E-state index in [2.05, 4.69) is 30.6 Å². The van der Waals surface area contributed by atoms with Crippen molar-refractivity contribution in [3.05, 3.63) is 35.5 Å². The van der Waals surface area contributed by atoms with E-state index in [9.17, 15) is 4.79 Å². The van der Waals surface area contributed by atoms with Crippen molar-refractivity contribution in [2.45, 2.75) is 44.8 Å². The van der Waals surface area contributed by atoms with Crippen molar-refractivity contribution in [3.63, 3.8) is 0 Å². The zero-order chi connectivity index (χ0) is 19.0. The summed E-state index contributed by atoms with van der Waals surface area (Å²) in [5.74, 6) is 1.09. The van der Waals surface area contributed by atoms with Crippen molar-refractivity contribution in [3.8, 4) is 5.95 Å². The molecule has 4 rings (SSSR count). The third-order valence-electron chi connectivity index (χ3n) is 4.07. The Morgan fingerprint density at radius 2 is 1.93 bits per heavy atom. The fourth-order valence-electron chi connectivity index (χ4n) is 2.79. The van der Waals surface area contributed by atoms with Crippen LogP contribution in [0.25, 0.3) is 5.95 Å². The van der Waals surface area contributed by atoms with E-state index in [1.54, 1.807) is 17.1 Å². The van der Waals surface area contributed by atoms with Gasteiger partial charge in [-0.3, -0.25) is 4.79 Å². The summed E-state index contributed by atoms with van der Waals surface area (Å²) in [6.07, 6.45) is 4.02. The number of carbonyl (C=O) groups is 1. The summed E-state index contributed by atoms with van der Waals surface area (Å²) in [5.41, 5.74) is 2.46. The van der Waals surface area contributed by atoms with Crippen molar-refractivity contribution in [2.75, 3.05) is 11.1 Å². The number of carbonyl (C=O) groups excluding carboxylic acids is 1. The standard InChI is InChI=1S/C17H20N8OS/c1-10-6-11(2)20-16(19-10)25-14(7-12(3)23-25)21-15(26)8-27-17-22-18-9-24(17)13-4-5-13/h6-7,9,13H,4-5,8H2,1-3H3,(H,21,26). The highest BCUT2D eigenvalue weighted by Crippen LogP contribution is 2.37. The minimum Gasteiger partial charge on any atom is -0.310 e. The van der Waals surface area contributed by atoms with Crippen LogP contribution in [0.3, 0.4) is 0 Å². The normalized spacial score (nSPS) is 13.7. The predicted molar refractivity (Wildman–Crippen MR) is 101 cm³/mol. The largest absolute Gasteiger partial charge is 0.310 e. The second-order valence-corrected chi connectivity index (χ2v) is 7.56. The van der Waals surface area contributed by atoms with Crippen LogP contribution < -0.4 is 5.32 Å². The number of nitrogens with one attached hydrogen (secondary N) is 1. The zero-order valence-corrected chi connectivity index (χ0v) is 16.2.